The minimum atomic E-state index is -1.11. The molecular formula is C16H17N3O4S. The van der Waals surface area contributed by atoms with E-state index in [2.05, 4.69) is 15.6 Å². The van der Waals surface area contributed by atoms with Crippen LogP contribution in [0.5, 0.6) is 0 Å². The van der Waals surface area contributed by atoms with Crippen molar-refractivity contribution in [3.05, 3.63) is 40.2 Å². The number of ether oxygens (including phenoxy) is 1. The molecule has 3 amide bonds. The molecule has 0 fully saturated rings. The second kappa shape index (κ2) is 7.69. The molecule has 0 spiro atoms. The van der Waals surface area contributed by atoms with Crippen LogP contribution < -0.4 is 10.6 Å². The number of nitrogens with zero attached hydrogens (tertiary/aromatic N) is 1. The molecule has 2 rings (SSSR count). The Labute approximate surface area is 143 Å². The number of nitrogens with one attached hydrogen (secondary N) is 2. The number of carbonyl (C=O) groups excluding carboxylic acids is 3. The van der Waals surface area contributed by atoms with E-state index in [1.807, 2.05) is 30.3 Å². The van der Waals surface area contributed by atoms with Crippen LogP contribution in [0.3, 0.4) is 0 Å². The highest BCUT2D eigenvalue weighted by molar-refractivity contribution is 7.14. The lowest BCUT2D eigenvalue weighted by molar-refractivity contribution is -0.127. The lowest BCUT2D eigenvalue weighted by Crippen LogP contribution is -2.43. The summed E-state index contributed by atoms with van der Waals surface area (Å²) in [6.07, 6.45) is -1.11. The first-order valence-electron chi connectivity index (χ1n) is 7.18. The van der Waals surface area contributed by atoms with Crippen molar-refractivity contribution in [2.75, 3.05) is 7.05 Å². The summed E-state index contributed by atoms with van der Waals surface area (Å²) in [5.74, 6) is -1.36. The topological polar surface area (TPSA) is 97.4 Å². The van der Waals surface area contributed by atoms with Crippen molar-refractivity contribution < 1.29 is 19.1 Å². The summed E-state index contributed by atoms with van der Waals surface area (Å²) in [5, 5.41) is 5.02. The molecule has 126 valence electrons. The Morgan fingerprint density at radius 2 is 1.88 bits per heavy atom. The number of rotatable bonds is 4. The van der Waals surface area contributed by atoms with Gasteiger partial charge in [-0.3, -0.25) is 10.1 Å². The standard InChI is InChI=1S/C16H17N3O4S/c1-9(14(20)19-16(22)17-3)23-15(21)13-12(18-10(2)24-13)11-7-5-4-6-8-11/h4-9H,1-3H3,(H2,17,19,20,22)/t9-/m0/s1. The first-order chi connectivity index (χ1) is 11.4. The number of esters is 1. The molecule has 0 unspecified atom stereocenters. The fraction of sp³-hybridized carbons (Fsp3) is 0.250. The number of urea groups is 1. The molecule has 0 radical (unpaired) electrons. The van der Waals surface area contributed by atoms with Crippen LogP contribution in [0.4, 0.5) is 4.79 Å². The molecule has 7 nitrogen and oxygen atoms in total. The van der Waals surface area contributed by atoms with Gasteiger partial charge in [0.25, 0.3) is 5.91 Å². The van der Waals surface area contributed by atoms with E-state index in [9.17, 15) is 14.4 Å². The zero-order valence-electron chi connectivity index (χ0n) is 13.5. The van der Waals surface area contributed by atoms with E-state index in [1.165, 1.54) is 25.3 Å². The van der Waals surface area contributed by atoms with Gasteiger partial charge in [-0.1, -0.05) is 30.3 Å². The predicted octanol–water partition coefficient (Wildman–Crippen LogP) is 2.12. The summed E-state index contributed by atoms with van der Waals surface area (Å²) < 4.78 is 5.16. The van der Waals surface area contributed by atoms with Gasteiger partial charge in [0.2, 0.25) is 0 Å². The van der Waals surface area contributed by atoms with Gasteiger partial charge in [0.05, 0.1) is 10.7 Å². The number of aromatic nitrogens is 1. The molecule has 1 heterocycles. The fourth-order valence-corrected chi connectivity index (χ4v) is 2.72. The maximum atomic E-state index is 12.4. The van der Waals surface area contributed by atoms with Gasteiger partial charge < -0.3 is 10.1 Å². The smallest absolute Gasteiger partial charge is 0.351 e. The van der Waals surface area contributed by atoms with Gasteiger partial charge in [-0.25, -0.2) is 14.6 Å². The van der Waals surface area contributed by atoms with Crippen LogP contribution in [-0.4, -0.2) is 36.0 Å². The van der Waals surface area contributed by atoms with Gasteiger partial charge in [-0.2, -0.15) is 0 Å². The molecule has 1 aromatic heterocycles. The predicted molar refractivity (Wildman–Crippen MR) is 89.8 cm³/mol. The minimum Gasteiger partial charge on any atom is -0.448 e. The normalized spacial score (nSPS) is 11.5. The highest BCUT2D eigenvalue weighted by Gasteiger charge is 2.25. The molecule has 0 saturated carbocycles. The van der Waals surface area contributed by atoms with Crippen LogP contribution in [0.15, 0.2) is 30.3 Å². The number of benzene rings is 1. The Balaban J connectivity index is 2.16. The zero-order chi connectivity index (χ0) is 17.7. The van der Waals surface area contributed by atoms with Crippen molar-refractivity contribution in [2.45, 2.75) is 20.0 Å². The first-order valence-corrected chi connectivity index (χ1v) is 8.00. The molecule has 1 aromatic carbocycles. The highest BCUT2D eigenvalue weighted by atomic mass is 32.1. The maximum Gasteiger partial charge on any atom is 0.351 e. The van der Waals surface area contributed by atoms with Gasteiger partial charge in [0, 0.05) is 12.6 Å². The van der Waals surface area contributed by atoms with Gasteiger partial charge in [-0.15, -0.1) is 11.3 Å². The number of hydrogen-bond acceptors (Lipinski definition) is 6. The second-order valence-corrected chi connectivity index (χ2v) is 6.10. The molecule has 2 aromatic rings. The third-order valence-electron chi connectivity index (χ3n) is 3.08. The quantitative estimate of drug-likeness (QED) is 0.826. The largest absolute Gasteiger partial charge is 0.448 e. The summed E-state index contributed by atoms with van der Waals surface area (Å²) in [6, 6.07) is 8.57. The summed E-state index contributed by atoms with van der Waals surface area (Å²) in [4.78, 5) is 40.0. The maximum absolute atomic E-state index is 12.4. The van der Waals surface area contributed by atoms with E-state index in [0.717, 1.165) is 5.56 Å². The summed E-state index contributed by atoms with van der Waals surface area (Å²) in [7, 11) is 1.38. The van der Waals surface area contributed by atoms with E-state index in [-0.39, 0.29) is 0 Å². The summed E-state index contributed by atoms with van der Waals surface area (Å²) in [6.45, 7) is 3.18. The molecule has 0 aliphatic heterocycles. The van der Waals surface area contributed by atoms with Crippen LogP contribution in [0.25, 0.3) is 11.3 Å². The number of aryl methyl sites for hydroxylation is 1. The van der Waals surface area contributed by atoms with Gasteiger partial charge in [0.1, 0.15) is 4.88 Å². The SMILES string of the molecule is CNC(=O)NC(=O)[C@H](C)OC(=O)c1sc(C)nc1-c1ccccc1. The van der Waals surface area contributed by atoms with Crippen LogP contribution in [0, 0.1) is 6.92 Å². The lowest BCUT2D eigenvalue weighted by atomic mass is 10.1. The summed E-state index contributed by atoms with van der Waals surface area (Å²) >= 11 is 1.19. The monoisotopic (exact) mass is 347 g/mol. The molecule has 0 saturated heterocycles. The summed E-state index contributed by atoms with van der Waals surface area (Å²) in [5.41, 5.74) is 1.30. The number of thiazole rings is 1. The Morgan fingerprint density at radius 3 is 2.50 bits per heavy atom. The third kappa shape index (κ3) is 4.17. The van der Waals surface area contributed by atoms with Crippen LogP contribution in [0.1, 0.15) is 21.6 Å². The molecule has 24 heavy (non-hydrogen) atoms. The third-order valence-corrected chi connectivity index (χ3v) is 4.03. The van der Waals surface area contributed by atoms with Crippen LogP contribution in [-0.2, 0) is 9.53 Å². The first kappa shape index (κ1) is 17.6. The number of carbonyl (C=O) groups is 3. The van der Waals surface area contributed by atoms with Crippen LogP contribution >= 0.6 is 11.3 Å². The molecule has 2 N–H and O–H groups in total. The average molecular weight is 347 g/mol. The van der Waals surface area contributed by atoms with Gasteiger partial charge in [-0.05, 0) is 13.8 Å². The van der Waals surface area contributed by atoms with E-state index >= 15 is 0 Å². The molecular weight excluding hydrogens is 330 g/mol. The molecule has 8 heteroatoms. The van der Waals surface area contributed by atoms with E-state index in [1.54, 1.807) is 6.92 Å². The van der Waals surface area contributed by atoms with Crippen molar-refractivity contribution in [1.29, 1.82) is 0 Å². The van der Waals surface area contributed by atoms with E-state index < -0.39 is 24.0 Å². The average Bonchev–Trinajstić information content (AvgIpc) is 2.97. The Bertz CT molecular complexity index is 758. The molecule has 0 aliphatic rings. The zero-order valence-corrected chi connectivity index (χ0v) is 14.3. The Kier molecular flexibility index (Phi) is 5.64. The number of hydrogen-bond donors (Lipinski definition) is 2. The van der Waals surface area contributed by atoms with Crippen molar-refractivity contribution >= 4 is 29.2 Å². The van der Waals surface area contributed by atoms with Gasteiger partial charge in [0.15, 0.2) is 6.10 Å². The molecule has 1 atom stereocenters. The second-order valence-electron chi connectivity index (χ2n) is 4.89. The number of imide groups is 1. The van der Waals surface area contributed by atoms with Gasteiger partial charge >= 0.3 is 12.0 Å². The van der Waals surface area contributed by atoms with E-state index in [0.29, 0.717) is 15.6 Å². The van der Waals surface area contributed by atoms with Crippen LogP contribution in [0.2, 0.25) is 0 Å². The number of amides is 3. The minimum absolute atomic E-state index is 0.318. The lowest BCUT2D eigenvalue weighted by Gasteiger charge is -2.12. The molecule has 0 aliphatic carbocycles. The Morgan fingerprint density at radius 1 is 1.21 bits per heavy atom. The van der Waals surface area contributed by atoms with Crippen molar-refractivity contribution in [3.8, 4) is 11.3 Å². The molecule has 0 bridgehead atoms. The van der Waals surface area contributed by atoms with Crippen molar-refractivity contribution in [2.24, 2.45) is 0 Å². The van der Waals surface area contributed by atoms with E-state index in [4.69, 9.17) is 4.74 Å². The van der Waals surface area contributed by atoms with Crippen molar-refractivity contribution in [3.63, 3.8) is 0 Å². The highest BCUT2D eigenvalue weighted by Crippen LogP contribution is 2.28. The Hall–Kier alpha value is -2.74. The van der Waals surface area contributed by atoms with Crippen molar-refractivity contribution in [1.82, 2.24) is 15.6 Å². The fourth-order valence-electron chi connectivity index (χ4n) is 1.90.